The van der Waals surface area contributed by atoms with Crippen molar-refractivity contribution in [2.45, 2.75) is 155 Å². The zero-order valence-electron chi connectivity index (χ0n) is 21.0. The van der Waals surface area contributed by atoms with Crippen LogP contribution in [0.15, 0.2) is 0 Å². The summed E-state index contributed by atoms with van der Waals surface area (Å²) in [7, 11) is 0. The van der Waals surface area contributed by atoms with Gasteiger partial charge < -0.3 is 9.84 Å². The molecule has 184 valence electrons. The molecule has 0 aromatic rings. The molecule has 1 unspecified atom stereocenters. The van der Waals surface area contributed by atoms with Gasteiger partial charge in [-0.3, -0.25) is 9.59 Å². The topological polar surface area (TPSA) is 63.6 Å². The second-order valence-corrected chi connectivity index (χ2v) is 9.72. The maximum Gasteiger partial charge on any atom is 0.306 e. The quantitative estimate of drug-likeness (QED) is 0.128. The molecule has 1 atom stereocenters. The normalized spacial score (nSPS) is 12.3. The Morgan fingerprint density at radius 3 is 1.65 bits per heavy atom. The molecular weight excluding hydrogens is 388 g/mol. The highest BCUT2D eigenvalue weighted by molar-refractivity contribution is 5.69. The van der Waals surface area contributed by atoms with Crippen LogP contribution in [0.5, 0.6) is 0 Å². The van der Waals surface area contributed by atoms with Gasteiger partial charge in [-0.1, -0.05) is 111 Å². The summed E-state index contributed by atoms with van der Waals surface area (Å²) in [6.07, 6.45) is 21.2. The maximum atomic E-state index is 12.2. The van der Waals surface area contributed by atoms with Gasteiger partial charge in [0.2, 0.25) is 0 Å². The molecule has 0 radical (unpaired) electrons. The Bertz CT molecular complexity index is 419. The largest absolute Gasteiger partial charge is 0.481 e. The lowest BCUT2D eigenvalue weighted by Gasteiger charge is -2.17. The molecule has 4 heteroatoms. The lowest BCUT2D eigenvalue weighted by molar-refractivity contribution is -0.151. The first-order valence-corrected chi connectivity index (χ1v) is 13.4. The number of carboxylic acids is 1. The number of carboxylic acid groups (broad SMARTS) is 1. The molecule has 0 spiro atoms. The summed E-state index contributed by atoms with van der Waals surface area (Å²) in [4.78, 5) is 23.1. The van der Waals surface area contributed by atoms with Crippen molar-refractivity contribution >= 4 is 11.9 Å². The molecule has 0 heterocycles. The van der Waals surface area contributed by atoms with Crippen LogP contribution in [0, 0.1) is 5.92 Å². The number of ether oxygens (including phenoxy) is 1. The SMILES string of the molecule is CCCCCCCCC(CCC(=O)O)OC(=O)CCCCCCCCCCCC(C)C. The van der Waals surface area contributed by atoms with Gasteiger partial charge in [-0.2, -0.15) is 0 Å². The fraction of sp³-hybridized carbons (Fsp3) is 0.926. The van der Waals surface area contributed by atoms with E-state index < -0.39 is 5.97 Å². The summed E-state index contributed by atoms with van der Waals surface area (Å²) in [6.45, 7) is 6.79. The molecule has 0 aliphatic heterocycles. The fourth-order valence-corrected chi connectivity index (χ4v) is 4.00. The van der Waals surface area contributed by atoms with Crippen LogP contribution in [0.4, 0.5) is 0 Å². The standard InChI is InChI=1S/C27H52O4/c1-4-5-6-7-14-17-20-25(22-23-26(28)29)31-27(30)21-18-15-12-10-8-9-11-13-16-19-24(2)3/h24-25H,4-23H2,1-3H3,(H,28,29). The zero-order chi connectivity index (χ0) is 23.2. The van der Waals surface area contributed by atoms with Crippen molar-refractivity contribution in [3.05, 3.63) is 0 Å². The fourth-order valence-electron chi connectivity index (χ4n) is 4.00. The maximum absolute atomic E-state index is 12.2. The molecule has 0 aliphatic carbocycles. The molecule has 0 aromatic carbocycles. The number of aliphatic carboxylic acids is 1. The minimum Gasteiger partial charge on any atom is -0.481 e. The van der Waals surface area contributed by atoms with E-state index in [1.165, 1.54) is 77.0 Å². The van der Waals surface area contributed by atoms with E-state index in [0.29, 0.717) is 12.8 Å². The number of carbonyl (C=O) groups is 2. The van der Waals surface area contributed by atoms with E-state index in [-0.39, 0.29) is 18.5 Å². The molecule has 0 saturated carbocycles. The number of carbonyl (C=O) groups excluding carboxylic acids is 1. The molecule has 0 amide bonds. The van der Waals surface area contributed by atoms with Crippen molar-refractivity contribution in [3.8, 4) is 0 Å². The molecule has 0 fully saturated rings. The average molecular weight is 441 g/mol. The molecule has 4 nitrogen and oxygen atoms in total. The molecular formula is C27H52O4. The number of unbranched alkanes of at least 4 members (excludes halogenated alkanes) is 13. The number of hydrogen-bond donors (Lipinski definition) is 1. The van der Waals surface area contributed by atoms with Gasteiger partial charge >= 0.3 is 11.9 Å². The lowest BCUT2D eigenvalue weighted by Crippen LogP contribution is -2.19. The second-order valence-electron chi connectivity index (χ2n) is 9.72. The van der Waals surface area contributed by atoms with Gasteiger partial charge in [-0.15, -0.1) is 0 Å². The highest BCUT2D eigenvalue weighted by atomic mass is 16.5. The monoisotopic (exact) mass is 440 g/mol. The van der Waals surface area contributed by atoms with Gasteiger partial charge in [0, 0.05) is 12.8 Å². The highest BCUT2D eigenvalue weighted by Gasteiger charge is 2.15. The van der Waals surface area contributed by atoms with Crippen LogP contribution in [0.1, 0.15) is 149 Å². The van der Waals surface area contributed by atoms with Crippen molar-refractivity contribution in [3.63, 3.8) is 0 Å². The summed E-state index contributed by atoms with van der Waals surface area (Å²) in [5, 5.41) is 8.95. The lowest BCUT2D eigenvalue weighted by atomic mass is 10.0. The summed E-state index contributed by atoms with van der Waals surface area (Å²) >= 11 is 0. The molecule has 0 rings (SSSR count). The zero-order valence-corrected chi connectivity index (χ0v) is 21.0. The number of rotatable bonds is 23. The van der Waals surface area contributed by atoms with Gasteiger partial charge in [-0.05, 0) is 31.6 Å². The molecule has 0 bridgehead atoms. The van der Waals surface area contributed by atoms with Crippen LogP contribution in [-0.4, -0.2) is 23.1 Å². The first-order chi connectivity index (χ1) is 15.0. The third kappa shape index (κ3) is 23.4. The van der Waals surface area contributed by atoms with Gasteiger partial charge in [0.1, 0.15) is 6.10 Å². The molecule has 0 aliphatic rings. The minimum atomic E-state index is -0.816. The summed E-state index contributed by atoms with van der Waals surface area (Å²) in [5.74, 6) is -0.134. The van der Waals surface area contributed by atoms with Crippen molar-refractivity contribution in [2.75, 3.05) is 0 Å². The third-order valence-corrected chi connectivity index (χ3v) is 6.02. The smallest absolute Gasteiger partial charge is 0.306 e. The average Bonchev–Trinajstić information content (AvgIpc) is 2.72. The van der Waals surface area contributed by atoms with Crippen LogP contribution in [0.3, 0.4) is 0 Å². The van der Waals surface area contributed by atoms with Crippen molar-refractivity contribution in [2.24, 2.45) is 5.92 Å². The first kappa shape index (κ1) is 29.9. The van der Waals surface area contributed by atoms with Crippen LogP contribution in [-0.2, 0) is 14.3 Å². The number of esters is 1. The first-order valence-electron chi connectivity index (χ1n) is 13.4. The van der Waals surface area contributed by atoms with E-state index in [2.05, 4.69) is 20.8 Å². The van der Waals surface area contributed by atoms with Gasteiger partial charge in [-0.25, -0.2) is 0 Å². The van der Waals surface area contributed by atoms with E-state index in [4.69, 9.17) is 9.84 Å². The molecule has 0 saturated heterocycles. The van der Waals surface area contributed by atoms with Crippen molar-refractivity contribution in [1.82, 2.24) is 0 Å². The Hall–Kier alpha value is -1.06. The number of hydrogen-bond acceptors (Lipinski definition) is 3. The van der Waals surface area contributed by atoms with E-state index in [1.807, 2.05) is 0 Å². The van der Waals surface area contributed by atoms with Crippen LogP contribution in [0.25, 0.3) is 0 Å². The summed E-state index contributed by atoms with van der Waals surface area (Å²) in [5.41, 5.74) is 0. The van der Waals surface area contributed by atoms with E-state index in [0.717, 1.165) is 38.0 Å². The predicted octanol–water partition coefficient (Wildman–Crippen LogP) is 8.46. The summed E-state index contributed by atoms with van der Waals surface area (Å²) < 4.78 is 5.63. The Labute approximate surface area is 192 Å². The van der Waals surface area contributed by atoms with E-state index >= 15 is 0 Å². The molecule has 31 heavy (non-hydrogen) atoms. The van der Waals surface area contributed by atoms with E-state index in [9.17, 15) is 9.59 Å². The van der Waals surface area contributed by atoms with Crippen LogP contribution >= 0.6 is 0 Å². The van der Waals surface area contributed by atoms with Gasteiger partial charge in [0.15, 0.2) is 0 Å². The van der Waals surface area contributed by atoms with Crippen LogP contribution < -0.4 is 0 Å². The Morgan fingerprint density at radius 2 is 1.13 bits per heavy atom. The van der Waals surface area contributed by atoms with Gasteiger partial charge in [0.25, 0.3) is 0 Å². The van der Waals surface area contributed by atoms with Crippen molar-refractivity contribution in [1.29, 1.82) is 0 Å². The van der Waals surface area contributed by atoms with Gasteiger partial charge in [0.05, 0.1) is 0 Å². The third-order valence-electron chi connectivity index (χ3n) is 6.02. The molecule has 0 aromatic heterocycles. The van der Waals surface area contributed by atoms with E-state index in [1.54, 1.807) is 0 Å². The minimum absolute atomic E-state index is 0.0747. The Balaban J connectivity index is 3.77. The van der Waals surface area contributed by atoms with Crippen molar-refractivity contribution < 1.29 is 19.4 Å². The van der Waals surface area contributed by atoms with Crippen LogP contribution in [0.2, 0.25) is 0 Å². The predicted molar refractivity (Wildman–Crippen MR) is 130 cm³/mol. The Kier molecular flexibility index (Phi) is 21.4. The second kappa shape index (κ2) is 22.1. The Morgan fingerprint density at radius 1 is 0.645 bits per heavy atom. The summed E-state index contributed by atoms with van der Waals surface area (Å²) in [6, 6.07) is 0. The highest BCUT2D eigenvalue weighted by Crippen LogP contribution is 2.17. The molecule has 1 N–H and O–H groups in total.